The largest absolute Gasteiger partial charge is 0.243 e. The van der Waals surface area contributed by atoms with Crippen LogP contribution in [0.5, 0.6) is 0 Å². The summed E-state index contributed by atoms with van der Waals surface area (Å²) >= 11 is 5.05. The molecule has 21 heavy (non-hydrogen) atoms. The Morgan fingerprint density at radius 2 is 2.05 bits per heavy atom. The maximum Gasteiger partial charge on any atom is 0.243 e. The summed E-state index contributed by atoms with van der Waals surface area (Å²) in [5.41, 5.74) is 0.912. The second kappa shape index (κ2) is 6.60. The molecule has 0 saturated heterocycles. The van der Waals surface area contributed by atoms with Crippen LogP contribution in [-0.4, -0.2) is 25.8 Å². The molecule has 1 aromatic heterocycles. The molecule has 1 atom stereocenters. The highest BCUT2D eigenvalue weighted by Gasteiger charge is 2.25. The molecule has 0 N–H and O–H groups in total. The number of sulfonamides is 1. The molecule has 1 heterocycles. The van der Waals surface area contributed by atoms with Gasteiger partial charge in [0.25, 0.3) is 0 Å². The molecule has 2 aromatic rings. The summed E-state index contributed by atoms with van der Waals surface area (Å²) in [6.07, 6.45) is 0.725. The minimum Gasteiger partial charge on any atom is -0.207 e. The SMILES string of the molecule is Cc1cc(S(=O)(=O)N(C)C(C)Cc2cccs2)ccc1Br. The maximum absolute atomic E-state index is 12.7. The molecule has 2 rings (SSSR count). The van der Waals surface area contributed by atoms with Gasteiger partial charge in [0.2, 0.25) is 10.0 Å². The Bertz CT molecular complexity index is 711. The van der Waals surface area contributed by atoms with Crippen LogP contribution in [0.4, 0.5) is 0 Å². The van der Waals surface area contributed by atoms with Crippen molar-refractivity contribution in [1.29, 1.82) is 0 Å². The van der Waals surface area contributed by atoms with Crippen molar-refractivity contribution >= 4 is 37.3 Å². The van der Waals surface area contributed by atoms with Gasteiger partial charge in [-0.2, -0.15) is 4.31 Å². The molecule has 0 radical (unpaired) electrons. The topological polar surface area (TPSA) is 37.4 Å². The highest BCUT2D eigenvalue weighted by atomic mass is 79.9. The summed E-state index contributed by atoms with van der Waals surface area (Å²) in [6.45, 7) is 3.82. The molecule has 0 aliphatic rings. The summed E-state index contributed by atoms with van der Waals surface area (Å²) in [4.78, 5) is 1.53. The Labute approximate surface area is 138 Å². The van der Waals surface area contributed by atoms with Gasteiger partial charge in [0.1, 0.15) is 0 Å². The number of hydrogen-bond donors (Lipinski definition) is 0. The van der Waals surface area contributed by atoms with Crippen molar-refractivity contribution in [3.8, 4) is 0 Å². The molecule has 1 unspecified atom stereocenters. The van der Waals surface area contributed by atoms with Gasteiger partial charge >= 0.3 is 0 Å². The predicted octanol–water partition coefficient (Wildman–Crippen LogP) is 4.07. The maximum atomic E-state index is 12.7. The van der Waals surface area contributed by atoms with Gasteiger partial charge in [-0.05, 0) is 55.5 Å². The summed E-state index contributed by atoms with van der Waals surface area (Å²) in [5.74, 6) is 0. The number of benzene rings is 1. The Hall–Kier alpha value is -0.690. The number of aryl methyl sites for hydroxylation is 1. The summed E-state index contributed by atoms with van der Waals surface area (Å²) in [7, 11) is -1.82. The minimum atomic E-state index is -3.46. The second-order valence-corrected chi connectivity index (χ2v) is 8.95. The lowest BCUT2D eigenvalue weighted by Gasteiger charge is -2.24. The Morgan fingerprint density at radius 3 is 2.62 bits per heavy atom. The van der Waals surface area contributed by atoms with Gasteiger partial charge in [-0.25, -0.2) is 8.42 Å². The van der Waals surface area contributed by atoms with Gasteiger partial charge in [-0.15, -0.1) is 11.3 Å². The molecule has 0 aliphatic carbocycles. The van der Waals surface area contributed by atoms with Gasteiger partial charge < -0.3 is 0 Å². The van der Waals surface area contributed by atoms with Gasteiger partial charge in [-0.3, -0.25) is 0 Å². The van der Waals surface area contributed by atoms with Crippen LogP contribution in [0.3, 0.4) is 0 Å². The smallest absolute Gasteiger partial charge is 0.207 e. The quantitative estimate of drug-likeness (QED) is 0.774. The molecule has 6 heteroatoms. The Morgan fingerprint density at radius 1 is 1.33 bits per heavy atom. The van der Waals surface area contributed by atoms with Crippen molar-refractivity contribution in [1.82, 2.24) is 4.31 Å². The number of likely N-dealkylation sites (N-methyl/N-ethyl adjacent to an activating group) is 1. The first-order chi connectivity index (χ1) is 9.82. The molecule has 3 nitrogen and oxygen atoms in total. The zero-order valence-corrected chi connectivity index (χ0v) is 15.4. The average molecular weight is 388 g/mol. The van der Waals surface area contributed by atoms with Crippen molar-refractivity contribution in [2.45, 2.75) is 31.2 Å². The zero-order valence-electron chi connectivity index (χ0n) is 12.2. The molecule has 0 amide bonds. The molecule has 0 fully saturated rings. The number of rotatable bonds is 5. The number of nitrogens with zero attached hydrogens (tertiary/aromatic N) is 1. The Kier molecular flexibility index (Phi) is 5.24. The third-order valence-electron chi connectivity index (χ3n) is 3.50. The molecule has 0 saturated carbocycles. The van der Waals surface area contributed by atoms with E-state index in [9.17, 15) is 8.42 Å². The lowest BCUT2D eigenvalue weighted by Crippen LogP contribution is -2.36. The van der Waals surface area contributed by atoms with Crippen LogP contribution >= 0.6 is 27.3 Å². The van der Waals surface area contributed by atoms with E-state index < -0.39 is 10.0 Å². The first kappa shape index (κ1) is 16.7. The van der Waals surface area contributed by atoms with Crippen LogP contribution in [0, 0.1) is 6.92 Å². The van der Waals surface area contributed by atoms with Crippen molar-refractivity contribution in [2.24, 2.45) is 0 Å². The molecular formula is C15H18BrNO2S2. The predicted molar refractivity (Wildman–Crippen MR) is 91.3 cm³/mol. The lowest BCUT2D eigenvalue weighted by atomic mass is 10.2. The Balaban J connectivity index is 2.23. The molecular weight excluding hydrogens is 370 g/mol. The van der Waals surface area contributed by atoms with E-state index in [1.54, 1.807) is 36.6 Å². The van der Waals surface area contributed by atoms with Gasteiger partial charge in [0.15, 0.2) is 0 Å². The van der Waals surface area contributed by atoms with Crippen LogP contribution in [0.2, 0.25) is 0 Å². The number of thiophene rings is 1. The first-order valence-corrected chi connectivity index (χ1v) is 9.70. The van der Waals surface area contributed by atoms with Crippen molar-refractivity contribution in [2.75, 3.05) is 7.05 Å². The van der Waals surface area contributed by atoms with E-state index in [1.807, 2.05) is 31.4 Å². The number of hydrogen-bond acceptors (Lipinski definition) is 3. The highest BCUT2D eigenvalue weighted by molar-refractivity contribution is 9.10. The van der Waals surface area contributed by atoms with Crippen LogP contribution < -0.4 is 0 Å². The van der Waals surface area contributed by atoms with Crippen molar-refractivity contribution < 1.29 is 8.42 Å². The van der Waals surface area contributed by atoms with Crippen LogP contribution in [0.1, 0.15) is 17.4 Å². The molecule has 0 spiro atoms. The molecule has 0 bridgehead atoms. The fourth-order valence-electron chi connectivity index (χ4n) is 2.03. The van der Waals surface area contributed by atoms with Gasteiger partial charge in [0.05, 0.1) is 4.90 Å². The first-order valence-electron chi connectivity index (χ1n) is 6.59. The fraction of sp³-hybridized carbons (Fsp3) is 0.333. The lowest BCUT2D eigenvalue weighted by molar-refractivity contribution is 0.388. The van der Waals surface area contributed by atoms with Gasteiger partial charge in [0, 0.05) is 22.4 Å². The van der Waals surface area contributed by atoms with E-state index in [0.29, 0.717) is 4.90 Å². The zero-order chi connectivity index (χ0) is 15.6. The van der Waals surface area contributed by atoms with Crippen molar-refractivity contribution in [3.63, 3.8) is 0 Å². The monoisotopic (exact) mass is 387 g/mol. The van der Waals surface area contributed by atoms with Crippen LogP contribution in [-0.2, 0) is 16.4 Å². The van der Waals surface area contributed by atoms with E-state index in [4.69, 9.17) is 0 Å². The highest BCUT2D eigenvalue weighted by Crippen LogP contribution is 2.24. The summed E-state index contributed by atoms with van der Waals surface area (Å²) < 4.78 is 27.7. The third kappa shape index (κ3) is 3.74. The second-order valence-electron chi connectivity index (χ2n) is 5.06. The van der Waals surface area contributed by atoms with Crippen molar-refractivity contribution in [3.05, 3.63) is 50.6 Å². The minimum absolute atomic E-state index is 0.0856. The summed E-state index contributed by atoms with van der Waals surface area (Å²) in [6, 6.07) is 9.05. The van der Waals surface area contributed by atoms with E-state index >= 15 is 0 Å². The van der Waals surface area contributed by atoms with Crippen LogP contribution in [0.25, 0.3) is 0 Å². The normalized spacial score (nSPS) is 13.6. The van der Waals surface area contributed by atoms with E-state index in [0.717, 1.165) is 16.5 Å². The van der Waals surface area contributed by atoms with Crippen LogP contribution in [0.15, 0.2) is 45.1 Å². The molecule has 0 aliphatic heterocycles. The average Bonchev–Trinajstić information content (AvgIpc) is 2.93. The third-order valence-corrected chi connectivity index (χ3v) is 7.26. The van der Waals surface area contributed by atoms with E-state index in [-0.39, 0.29) is 6.04 Å². The number of halogens is 1. The van der Waals surface area contributed by atoms with E-state index in [1.165, 1.54) is 9.18 Å². The molecule has 114 valence electrons. The fourth-order valence-corrected chi connectivity index (χ4v) is 4.55. The molecule has 1 aromatic carbocycles. The summed E-state index contributed by atoms with van der Waals surface area (Å²) in [5, 5.41) is 2.01. The standard InChI is InChI=1S/C15H18BrNO2S2/c1-11-9-14(6-7-15(11)16)21(18,19)17(3)12(2)10-13-5-4-8-20-13/h4-9,12H,10H2,1-3H3. The van der Waals surface area contributed by atoms with Gasteiger partial charge in [-0.1, -0.05) is 22.0 Å². The van der Waals surface area contributed by atoms with E-state index in [2.05, 4.69) is 15.9 Å².